The Hall–Kier alpha value is -1.55. The molecule has 4 nitrogen and oxygen atoms in total. The zero-order chi connectivity index (χ0) is 14.5. The van der Waals surface area contributed by atoms with Crippen molar-refractivity contribution in [1.29, 1.82) is 0 Å². The van der Waals surface area contributed by atoms with E-state index in [9.17, 15) is 4.79 Å². The Bertz CT molecular complexity index is 454. The summed E-state index contributed by atoms with van der Waals surface area (Å²) in [5.74, 6) is 1.04. The molecular weight excluding hydrogens is 252 g/mol. The molecule has 1 amide bonds. The molecule has 1 aliphatic rings. The smallest absolute Gasteiger partial charge is 0.239 e. The fourth-order valence-electron chi connectivity index (χ4n) is 2.50. The van der Waals surface area contributed by atoms with Gasteiger partial charge in [-0.05, 0) is 50.9 Å². The first-order chi connectivity index (χ1) is 9.56. The van der Waals surface area contributed by atoms with Gasteiger partial charge in [0.05, 0.1) is 12.1 Å². The Labute approximate surface area is 121 Å². The molecule has 0 spiro atoms. The van der Waals surface area contributed by atoms with Gasteiger partial charge in [0.15, 0.2) is 0 Å². The summed E-state index contributed by atoms with van der Waals surface area (Å²) in [6.45, 7) is 5.58. The molecule has 0 aliphatic carbocycles. The maximum Gasteiger partial charge on any atom is 0.239 e. The van der Waals surface area contributed by atoms with Crippen molar-refractivity contribution < 1.29 is 9.53 Å². The second-order valence-corrected chi connectivity index (χ2v) is 5.66. The molecule has 1 aromatic carbocycles. The number of amides is 1. The highest BCUT2D eigenvalue weighted by Gasteiger charge is 2.24. The minimum absolute atomic E-state index is 0.00454. The van der Waals surface area contributed by atoms with Crippen LogP contribution in [-0.4, -0.2) is 36.5 Å². The summed E-state index contributed by atoms with van der Waals surface area (Å²) in [7, 11) is 1.86. The molecule has 0 saturated carbocycles. The van der Waals surface area contributed by atoms with E-state index < -0.39 is 0 Å². The molecule has 2 rings (SSSR count). The van der Waals surface area contributed by atoms with Crippen molar-refractivity contribution in [2.45, 2.75) is 45.4 Å². The van der Waals surface area contributed by atoms with Gasteiger partial charge in [0, 0.05) is 13.6 Å². The Balaban J connectivity index is 1.96. The monoisotopic (exact) mass is 276 g/mol. The van der Waals surface area contributed by atoms with Crippen molar-refractivity contribution in [3.05, 3.63) is 29.8 Å². The number of hydrogen-bond donors (Lipinski definition) is 1. The number of ether oxygens (including phenoxy) is 1. The van der Waals surface area contributed by atoms with Gasteiger partial charge in [-0.25, -0.2) is 0 Å². The minimum Gasteiger partial charge on any atom is -0.491 e. The lowest BCUT2D eigenvalue weighted by Crippen LogP contribution is -2.41. The van der Waals surface area contributed by atoms with E-state index in [1.165, 1.54) is 0 Å². The van der Waals surface area contributed by atoms with E-state index in [0.29, 0.717) is 6.54 Å². The van der Waals surface area contributed by atoms with Gasteiger partial charge in [-0.3, -0.25) is 4.79 Å². The van der Waals surface area contributed by atoms with Crippen molar-refractivity contribution in [1.82, 2.24) is 10.2 Å². The number of carbonyl (C=O) groups excluding carboxylic acids is 1. The predicted octanol–water partition coefficient (Wildman–Crippen LogP) is 2.18. The molecule has 1 N–H and O–H groups in total. The van der Waals surface area contributed by atoms with Gasteiger partial charge in [0.2, 0.25) is 5.91 Å². The molecule has 1 fully saturated rings. The van der Waals surface area contributed by atoms with Gasteiger partial charge in [-0.1, -0.05) is 12.1 Å². The van der Waals surface area contributed by atoms with Crippen molar-refractivity contribution in [3.63, 3.8) is 0 Å². The standard InChI is InChI=1S/C16H24N2O2/c1-12(2)20-14-7-4-6-13(10-14)11-18(3)16(19)15-8-5-9-17-15/h4,6-7,10,12,15,17H,5,8-9,11H2,1-3H3/t15-/m0/s1. The average molecular weight is 276 g/mol. The SMILES string of the molecule is CC(C)Oc1cccc(CN(C)C(=O)[C@@H]2CCCN2)c1. The number of nitrogens with zero attached hydrogens (tertiary/aromatic N) is 1. The number of carbonyl (C=O) groups is 1. The van der Waals surface area contributed by atoms with Crippen LogP contribution in [0.4, 0.5) is 0 Å². The normalized spacial score (nSPS) is 18.3. The fraction of sp³-hybridized carbons (Fsp3) is 0.562. The lowest BCUT2D eigenvalue weighted by molar-refractivity contribution is -0.132. The van der Waals surface area contributed by atoms with Gasteiger partial charge in [0.25, 0.3) is 0 Å². The second-order valence-electron chi connectivity index (χ2n) is 5.66. The van der Waals surface area contributed by atoms with Crippen LogP contribution in [-0.2, 0) is 11.3 Å². The molecule has 1 saturated heterocycles. The summed E-state index contributed by atoms with van der Waals surface area (Å²) in [5.41, 5.74) is 1.09. The summed E-state index contributed by atoms with van der Waals surface area (Å²) in [6.07, 6.45) is 2.19. The Kier molecular flexibility index (Phi) is 5.01. The largest absolute Gasteiger partial charge is 0.491 e. The minimum atomic E-state index is -0.00454. The third-order valence-corrected chi connectivity index (χ3v) is 3.42. The lowest BCUT2D eigenvalue weighted by atomic mass is 10.1. The van der Waals surface area contributed by atoms with Crippen LogP contribution in [0, 0.1) is 0 Å². The third-order valence-electron chi connectivity index (χ3n) is 3.42. The van der Waals surface area contributed by atoms with Gasteiger partial charge in [0.1, 0.15) is 5.75 Å². The molecule has 0 radical (unpaired) electrons. The highest BCUT2D eigenvalue weighted by molar-refractivity contribution is 5.81. The Morgan fingerprint density at radius 1 is 1.50 bits per heavy atom. The summed E-state index contributed by atoms with van der Waals surface area (Å²) < 4.78 is 5.68. The number of hydrogen-bond acceptors (Lipinski definition) is 3. The molecule has 20 heavy (non-hydrogen) atoms. The first kappa shape index (κ1) is 14.9. The predicted molar refractivity (Wildman–Crippen MR) is 79.7 cm³/mol. The van der Waals surface area contributed by atoms with Crippen LogP contribution in [0.1, 0.15) is 32.3 Å². The van der Waals surface area contributed by atoms with Crippen LogP contribution < -0.4 is 10.1 Å². The Morgan fingerprint density at radius 3 is 2.95 bits per heavy atom. The van der Waals surface area contributed by atoms with Crippen LogP contribution in [0.2, 0.25) is 0 Å². The van der Waals surface area contributed by atoms with Gasteiger partial charge < -0.3 is 15.0 Å². The zero-order valence-corrected chi connectivity index (χ0v) is 12.6. The summed E-state index contributed by atoms with van der Waals surface area (Å²) in [5, 5.41) is 3.24. The first-order valence-corrected chi connectivity index (χ1v) is 7.30. The molecular formula is C16H24N2O2. The van der Waals surface area contributed by atoms with E-state index in [2.05, 4.69) is 5.32 Å². The van der Waals surface area contributed by atoms with Crippen LogP contribution >= 0.6 is 0 Å². The van der Waals surface area contributed by atoms with E-state index in [-0.39, 0.29) is 18.1 Å². The summed E-state index contributed by atoms with van der Waals surface area (Å²) >= 11 is 0. The molecule has 0 bridgehead atoms. The highest BCUT2D eigenvalue weighted by Crippen LogP contribution is 2.17. The molecule has 110 valence electrons. The lowest BCUT2D eigenvalue weighted by Gasteiger charge is -2.21. The van der Waals surface area contributed by atoms with Crippen molar-refractivity contribution in [2.24, 2.45) is 0 Å². The first-order valence-electron chi connectivity index (χ1n) is 7.30. The maximum absolute atomic E-state index is 12.2. The number of likely N-dealkylation sites (N-methyl/N-ethyl adjacent to an activating group) is 1. The maximum atomic E-state index is 12.2. The van der Waals surface area contributed by atoms with Crippen molar-refractivity contribution in [3.8, 4) is 5.75 Å². The van der Waals surface area contributed by atoms with Crippen LogP contribution in [0.25, 0.3) is 0 Å². The number of benzene rings is 1. The molecule has 1 heterocycles. The summed E-state index contributed by atoms with van der Waals surface area (Å²) in [4.78, 5) is 14.0. The van der Waals surface area contributed by atoms with Crippen molar-refractivity contribution in [2.75, 3.05) is 13.6 Å². The zero-order valence-electron chi connectivity index (χ0n) is 12.6. The van der Waals surface area contributed by atoms with Gasteiger partial charge >= 0.3 is 0 Å². The molecule has 1 atom stereocenters. The van der Waals surface area contributed by atoms with Crippen LogP contribution in [0.5, 0.6) is 5.75 Å². The van der Waals surface area contributed by atoms with Gasteiger partial charge in [-0.2, -0.15) is 0 Å². The van der Waals surface area contributed by atoms with Crippen LogP contribution in [0.3, 0.4) is 0 Å². The van der Waals surface area contributed by atoms with Crippen molar-refractivity contribution >= 4 is 5.91 Å². The van der Waals surface area contributed by atoms with E-state index in [0.717, 1.165) is 30.7 Å². The average Bonchev–Trinajstić information content (AvgIpc) is 2.91. The fourth-order valence-corrected chi connectivity index (χ4v) is 2.50. The van der Waals surface area contributed by atoms with E-state index >= 15 is 0 Å². The van der Waals surface area contributed by atoms with Gasteiger partial charge in [-0.15, -0.1) is 0 Å². The quantitative estimate of drug-likeness (QED) is 0.896. The third kappa shape index (κ3) is 3.97. The number of nitrogens with one attached hydrogen (secondary N) is 1. The van der Waals surface area contributed by atoms with E-state index in [4.69, 9.17) is 4.74 Å². The van der Waals surface area contributed by atoms with E-state index in [1.807, 2.05) is 45.2 Å². The van der Waals surface area contributed by atoms with E-state index in [1.54, 1.807) is 4.90 Å². The molecule has 1 aliphatic heterocycles. The second kappa shape index (κ2) is 6.75. The molecule has 1 aromatic rings. The highest BCUT2D eigenvalue weighted by atomic mass is 16.5. The molecule has 0 unspecified atom stereocenters. The Morgan fingerprint density at radius 2 is 2.30 bits per heavy atom. The molecule has 4 heteroatoms. The summed E-state index contributed by atoms with van der Waals surface area (Å²) in [6, 6.07) is 7.95. The molecule has 0 aromatic heterocycles. The number of rotatable bonds is 5. The topological polar surface area (TPSA) is 41.6 Å². The van der Waals surface area contributed by atoms with Crippen LogP contribution in [0.15, 0.2) is 24.3 Å².